The lowest BCUT2D eigenvalue weighted by molar-refractivity contribution is 0.183. The molecule has 6 nitrogen and oxygen atoms in total. The summed E-state index contributed by atoms with van der Waals surface area (Å²) >= 11 is 0. The maximum absolute atomic E-state index is 6.35. The van der Waals surface area contributed by atoms with E-state index in [1.807, 2.05) is 6.21 Å². The van der Waals surface area contributed by atoms with Crippen molar-refractivity contribution in [3.63, 3.8) is 0 Å². The van der Waals surface area contributed by atoms with Crippen molar-refractivity contribution in [3.05, 3.63) is 29.8 Å². The molecule has 160 valence electrons. The number of amidine groups is 1. The molecule has 1 saturated heterocycles. The van der Waals surface area contributed by atoms with Gasteiger partial charge in [-0.2, -0.15) is 0 Å². The Hall–Kier alpha value is -1.92. The number of nitrogens with two attached hydrogens (primary N) is 2. The van der Waals surface area contributed by atoms with Crippen LogP contribution in [0.3, 0.4) is 0 Å². The molecule has 2 aliphatic heterocycles. The van der Waals surface area contributed by atoms with E-state index in [-0.39, 0.29) is 5.41 Å². The number of piperidine rings is 1. The van der Waals surface area contributed by atoms with Gasteiger partial charge < -0.3 is 10.5 Å². The molecule has 3 rings (SSSR count). The molecule has 2 aliphatic rings. The second-order valence-corrected chi connectivity index (χ2v) is 8.39. The van der Waals surface area contributed by atoms with Gasteiger partial charge in [-0.05, 0) is 56.5 Å². The third kappa shape index (κ3) is 6.28. The predicted octanol–water partition coefficient (Wildman–Crippen LogP) is 3.34. The van der Waals surface area contributed by atoms with E-state index in [9.17, 15) is 0 Å². The molecule has 1 fully saturated rings. The van der Waals surface area contributed by atoms with Crippen LogP contribution in [-0.2, 0) is 6.42 Å². The molecule has 0 aliphatic carbocycles. The van der Waals surface area contributed by atoms with Gasteiger partial charge in [-0.1, -0.05) is 44.7 Å². The average molecular weight is 400 g/mol. The fourth-order valence-corrected chi connectivity index (χ4v) is 4.24. The molecular formula is C23H37N5O. The second kappa shape index (κ2) is 10.7. The van der Waals surface area contributed by atoms with Gasteiger partial charge in [0.05, 0.1) is 5.41 Å². The summed E-state index contributed by atoms with van der Waals surface area (Å²) in [5.74, 6) is 1.53. The molecule has 6 heteroatoms. The summed E-state index contributed by atoms with van der Waals surface area (Å²) in [4.78, 5) is 11.2. The smallest absolute Gasteiger partial charge is 0.192 e. The minimum Gasteiger partial charge on any atom is -0.492 e. The molecular weight excluding hydrogens is 362 g/mol. The van der Waals surface area contributed by atoms with Gasteiger partial charge in [-0.25, -0.2) is 4.99 Å². The fraction of sp³-hybridized carbons (Fsp3) is 0.652. The molecule has 0 spiro atoms. The van der Waals surface area contributed by atoms with Crippen molar-refractivity contribution in [2.24, 2.45) is 26.9 Å². The number of benzene rings is 1. The van der Waals surface area contributed by atoms with Gasteiger partial charge in [-0.15, -0.1) is 0 Å². The van der Waals surface area contributed by atoms with Gasteiger partial charge in [0.2, 0.25) is 0 Å². The minimum atomic E-state index is -0.565. The van der Waals surface area contributed by atoms with Gasteiger partial charge in [0.1, 0.15) is 18.2 Å². The van der Waals surface area contributed by atoms with Gasteiger partial charge in [0.15, 0.2) is 6.29 Å². The molecule has 1 aromatic carbocycles. The predicted molar refractivity (Wildman–Crippen MR) is 121 cm³/mol. The highest BCUT2D eigenvalue weighted by Gasteiger charge is 2.35. The quantitative estimate of drug-likeness (QED) is 0.591. The van der Waals surface area contributed by atoms with Crippen LogP contribution in [0.5, 0.6) is 5.75 Å². The van der Waals surface area contributed by atoms with Gasteiger partial charge >= 0.3 is 0 Å². The Labute approximate surface area is 175 Å². The maximum atomic E-state index is 6.35. The van der Waals surface area contributed by atoms with E-state index in [2.05, 4.69) is 46.1 Å². The molecule has 0 saturated carbocycles. The number of hydrogen-bond acceptors (Lipinski definition) is 6. The molecule has 1 aromatic rings. The Morgan fingerprint density at radius 2 is 1.90 bits per heavy atom. The standard InChI is InChI=1S/C23H37N5O/c1-2-3-5-12-23(18-26-22(25)27-21(23)24)17-19-8-10-20(11-9-19)29-16-15-28-13-6-4-7-14-28/h8-11,18,22H,2-7,12-17,25H2,1H3,(H2,24,27). The van der Waals surface area contributed by atoms with Crippen LogP contribution in [0.25, 0.3) is 0 Å². The van der Waals surface area contributed by atoms with Crippen LogP contribution in [0.2, 0.25) is 0 Å². The van der Waals surface area contributed by atoms with Crippen molar-refractivity contribution < 1.29 is 4.74 Å². The van der Waals surface area contributed by atoms with Crippen LogP contribution < -0.4 is 16.2 Å². The molecule has 0 radical (unpaired) electrons. The fourth-order valence-electron chi connectivity index (χ4n) is 4.24. The van der Waals surface area contributed by atoms with Crippen LogP contribution in [0.1, 0.15) is 57.4 Å². The highest BCUT2D eigenvalue weighted by Crippen LogP contribution is 2.31. The highest BCUT2D eigenvalue weighted by molar-refractivity contribution is 6.02. The molecule has 2 heterocycles. The minimum absolute atomic E-state index is 0.332. The van der Waals surface area contributed by atoms with Crippen molar-refractivity contribution in [1.82, 2.24) is 4.90 Å². The summed E-state index contributed by atoms with van der Waals surface area (Å²) in [7, 11) is 0. The zero-order valence-corrected chi connectivity index (χ0v) is 17.9. The Balaban J connectivity index is 1.57. The zero-order chi connectivity index (χ0) is 20.5. The second-order valence-electron chi connectivity index (χ2n) is 8.39. The highest BCUT2D eigenvalue weighted by atomic mass is 16.5. The van der Waals surface area contributed by atoms with Gasteiger partial charge in [0.25, 0.3) is 0 Å². The van der Waals surface area contributed by atoms with Crippen LogP contribution in [0, 0.1) is 5.41 Å². The Morgan fingerprint density at radius 3 is 2.59 bits per heavy atom. The lowest BCUT2D eigenvalue weighted by atomic mass is 9.76. The number of rotatable bonds is 10. The van der Waals surface area contributed by atoms with Crippen LogP contribution in [0.4, 0.5) is 0 Å². The summed E-state index contributed by atoms with van der Waals surface area (Å²) in [5.41, 5.74) is 13.1. The van der Waals surface area contributed by atoms with Crippen LogP contribution >= 0.6 is 0 Å². The van der Waals surface area contributed by atoms with E-state index in [1.165, 1.54) is 50.8 Å². The first-order valence-corrected chi connectivity index (χ1v) is 11.2. The van der Waals surface area contributed by atoms with Gasteiger partial charge in [0, 0.05) is 12.8 Å². The third-order valence-electron chi connectivity index (χ3n) is 6.05. The maximum Gasteiger partial charge on any atom is 0.192 e. The van der Waals surface area contributed by atoms with Crippen molar-refractivity contribution in [1.29, 1.82) is 0 Å². The SMILES string of the molecule is CCCCCC1(Cc2ccc(OCCN3CCCCC3)cc2)C=NC(N)N=C1N. The first-order chi connectivity index (χ1) is 14.1. The number of likely N-dealkylation sites (tertiary alicyclic amines) is 1. The largest absolute Gasteiger partial charge is 0.492 e. The van der Waals surface area contributed by atoms with Gasteiger partial charge in [-0.3, -0.25) is 15.6 Å². The summed E-state index contributed by atoms with van der Waals surface area (Å²) in [6.45, 7) is 6.36. The first kappa shape index (κ1) is 21.8. The number of aliphatic imine (C=N–C) groups is 2. The van der Waals surface area contributed by atoms with E-state index in [1.54, 1.807) is 0 Å². The van der Waals surface area contributed by atoms with E-state index in [0.29, 0.717) is 5.84 Å². The monoisotopic (exact) mass is 399 g/mol. The summed E-state index contributed by atoms with van der Waals surface area (Å²) in [5, 5.41) is 0. The normalized spacial score (nSPS) is 25.0. The molecule has 2 unspecified atom stereocenters. The molecule has 4 N–H and O–H groups in total. The molecule has 0 amide bonds. The summed E-state index contributed by atoms with van der Waals surface area (Å²) < 4.78 is 5.96. The van der Waals surface area contributed by atoms with Crippen molar-refractivity contribution >= 4 is 12.1 Å². The molecule has 0 bridgehead atoms. The number of ether oxygens (including phenoxy) is 1. The Kier molecular flexibility index (Phi) is 8.07. The summed E-state index contributed by atoms with van der Waals surface area (Å²) in [6, 6.07) is 8.38. The van der Waals surface area contributed by atoms with Crippen LogP contribution in [-0.4, -0.2) is 49.5 Å². The third-order valence-corrected chi connectivity index (χ3v) is 6.05. The molecule has 0 aromatic heterocycles. The lowest BCUT2D eigenvalue weighted by Gasteiger charge is -2.33. The van der Waals surface area contributed by atoms with Crippen molar-refractivity contribution in [2.45, 2.75) is 64.6 Å². The zero-order valence-electron chi connectivity index (χ0n) is 17.9. The van der Waals surface area contributed by atoms with E-state index < -0.39 is 6.29 Å². The molecule has 2 atom stereocenters. The Morgan fingerprint density at radius 1 is 1.14 bits per heavy atom. The van der Waals surface area contributed by atoms with E-state index in [0.717, 1.165) is 38.2 Å². The first-order valence-electron chi connectivity index (χ1n) is 11.2. The topological polar surface area (TPSA) is 89.2 Å². The van der Waals surface area contributed by atoms with E-state index in [4.69, 9.17) is 16.2 Å². The molecule has 29 heavy (non-hydrogen) atoms. The number of hydrogen-bond donors (Lipinski definition) is 2. The summed E-state index contributed by atoms with van der Waals surface area (Å²) in [6.07, 6.45) is 10.6. The Bertz CT molecular complexity index is 681. The average Bonchev–Trinajstić information content (AvgIpc) is 2.73. The van der Waals surface area contributed by atoms with Crippen molar-refractivity contribution in [2.75, 3.05) is 26.2 Å². The lowest BCUT2D eigenvalue weighted by Crippen LogP contribution is -2.45. The van der Waals surface area contributed by atoms with Crippen molar-refractivity contribution in [3.8, 4) is 5.75 Å². The number of unbranched alkanes of at least 4 members (excludes halogenated alkanes) is 2. The van der Waals surface area contributed by atoms with E-state index >= 15 is 0 Å². The van der Waals surface area contributed by atoms with Crippen LogP contribution in [0.15, 0.2) is 34.3 Å². The number of nitrogens with zero attached hydrogens (tertiary/aromatic N) is 3.